The standard InChI is InChI=1S/C11H19NO4/c1-3-15-10(13)8-5-6-12-9(7-8)11(14)16-4-2/h8-9,12H,3-7H2,1-2H3/t8-,9-/m1/s1. The Hall–Kier alpha value is -1.10. The third-order valence-corrected chi connectivity index (χ3v) is 2.59. The minimum atomic E-state index is -0.372. The summed E-state index contributed by atoms with van der Waals surface area (Å²) < 4.78 is 9.87. The number of hydrogen-bond donors (Lipinski definition) is 1. The molecule has 92 valence electrons. The van der Waals surface area contributed by atoms with Crippen LogP contribution < -0.4 is 5.32 Å². The predicted octanol–water partition coefficient (Wildman–Crippen LogP) is 0.481. The molecule has 0 aromatic heterocycles. The van der Waals surface area contributed by atoms with E-state index in [4.69, 9.17) is 9.47 Å². The summed E-state index contributed by atoms with van der Waals surface area (Å²) in [6.07, 6.45) is 1.19. The number of nitrogens with one attached hydrogen (secondary N) is 1. The molecular formula is C11H19NO4. The van der Waals surface area contributed by atoms with Gasteiger partial charge in [0, 0.05) is 0 Å². The summed E-state index contributed by atoms with van der Waals surface area (Å²) in [5.41, 5.74) is 0. The molecule has 1 N–H and O–H groups in total. The molecule has 0 saturated carbocycles. The lowest BCUT2D eigenvalue weighted by Gasteiger charge is -2.27. The Morgan fingerprint density at radius 1 is 1.19 bits per heavy atom. The van der Waals surface area contributed by atoms with Gasteiger partial charge in [0.15, 0.2) is 0 Å². The third-order valence-electron chi connectivity index (χ3n) is 2.59. The smallest absolute Gasteiger partial charge is 0.323 e. The summed E-state index contributed by atoms with van der Waals surface area (Å²) in [5, 5.41) is 3.05. The Morgan fingerprint density at radius 2 is 1.81 bits per heavy atom. The highest BCUT2D eigenvalue weighted by Crippen LogP contribution is 2.18. The zero-order chi connectivity index (χ0) is 12.0. The third kappa shape index (κ3) is 3.48. The Balaban J connectivity index is 2.46. The Labute approximate surface area is 95.5 Å². The van der Waals surface area contributed by atoms with Gasteiger partial charge in [-0.05, 0) is 33.2 Å². The van der Waals surface area contributed by atoms with Crippen LogP contribution in [0.2, 0.25) is 0 Å². The zero-order valence-corrected chi connectivity index (χ0v) is 9.82. The van der Waals surface area contributed by atoms with Gasteiger partial charge < -0.3 is 14.8 Å². The zero-order valence-electron chi connectivity index (χ0n) is 9.82. The molecule has 5 heteroatoms. The normalized spacial score (nSPS) is 24.9. The van der Waals surface area contributed by atoms with E-state index >= 15 is 0 Å². The number of carbonyl (C=O) groups excluding carboxylic acids is 2. The van der Waals surface area contributed by atoms with Crippen molar-refractivity contribution in [3.8, 4) is 0 Å². The number of ether oxygens (including phenoxy) is 2. The first-order valence-corrected chi connectivity index (χ1v) is 5.75. The van der Waals surface area contributed by atoms with Crippen molar-refractivity contribution in [1.29, 1.82) is 0 Å². The van der Waals surface area contributed by atoms with Crippen molar-refractivity contribution in [1.82, 2.24) is 5.32 Å². The maximum Gasteiger partial charge on any atom is 0.323 e. The van der Waals surface area contributed by atoms with E-state index in [1.54, 1.807) is 13.8 Å². The SMILES string of the molecule is CCOC(=O)[C@@H]1CCN[C@@H](C(=O)OCC)C1. The van der Waals surface area contributed by atoms with E-state index in [9.17, 15) is 9.59 Å². The van der Waals surface area contributed by atoms with Crippen LogP contribution in [0.1, 0.15) is 26.7 Å². The van der Waals surface area contributed by atoms with Crippen molar-refractivity contribution in [3.63, 3.8) is 0 Å². The number of esters is 2. The summed E-state index contributed by atoms with van der Waals surface area (Å²) in [6, 6.07) is -0.372. The molecule has 1 rings (SSSR count). The molecule has 1 saturated heterocycles. The van der Waals surface area contributed by atoms with Crippen LogP contribution in [0.15, 0.2) is 0 Å². The van der Waals surface area contributed by atoms with Gasteiger partial charge in [-0.1, -0.05) is 0 Å². The van der Waals surface area contributed by atoms with E-state index in [2.05, 4.69) is 5.32 Å². The van der Waals surface area contributed by atoms with Crippen LogP contribution in [0.25, 0.3) is 0 Å². The van der Waals surface area contributed by atoms with Gasteiger partial charge in [0.25, 0.3) is 0 Å². The van der Waals surface area contributed by atoms with Crippen LogP contribution in [0.3, 0.4) is 0 Å². The number of carbonyl (C=O) groups is 2. The van der Waals surface area contributed by atoms with Crippen molar-refractivity contribution in [2.45, 2.75) is 32.7 Å². The summed E-state index contributed by atoms with van der Waals surface area (Å²) in [5.74, 6) is -0.676. The van der Waals surface area contributed by atoms with Crippen LogP contribution in [0.4, 0.5) is 0 Å². The van der Waals surface area contributed by atoms with E-state index in [1.165, 1.54) is 0 Å². The van der Waals surface area contributed by atoms with Gasteiger partial charge in [-0.15, -0.1) is 0 Å². The molecule has 16 heavy (non-hydrogen) atoms. The van der Waals surface area contributed by atoms with Gasteiger partial charge in [-0.2, -0.15) is 0 Å². The van der Waals surface area contributed by atoms with Gasteiger partial charge in [0.05, 0.1) is 19.1 Å². The van der Waals surface area contributed by atoms with Crippen molar-refractivity contribution in [2.24, 2.45) is 5.92 Å². The first-order chi connectivity index (χ1) is 7.69. The van der Waals surface area contributed by atoms with Gasteiger partial charge in [0.1, 0.15) is 6.04 Å². The fourth-order valence-electron chi connectivity index (χ4n) is 1.81. The first-order valence-electron chi connectivity index (χ1n) is 5.75. The van der Waals surface area contributed by atoms with Crippen molar-refractivity contribution in [3.05, 3.63) is 0 Å². The van der Waals surface area contributed by atoms with Crippen LogP contribution in [0, 0.1) is 5.92 Å². The molecule has 0 aromatic rings. The van der Waals surface area contributed by atoms with Crippen molar-refractivity contribution < 1.29 is 19.1 Å². The number of rotatable bonds is 4. The first kappa shape index (κ1) is 13.0. The lowest BCUT2D eigenvalue weighted by Crippen LogP contribution is -2.46. The van der Waals surface area contributed by atoms with Gasteiger partial charge in [0.2, 0.25) is 0 Å². The average molecular weight is 229 g/mol. The maximum absolute atomic E-state index is 11.5. The largest absolute Gasteiger partial charge is 0.466 e. The maximum atomic E-state index is 11.5. The molecule has 0 unspecified atom stereocenters. The molecule has 0 aromatic carbocycles. The van der Waals surface area contributed by atoms with E-state index in [0.29, 0.717) is 26.2 Å². The quantitative estimate of drug-likeness (QED) is 0.710. The van der Waals surface area contributed by atoms with E-state index in [0.717, 1.165) is 6.42 Å². The second kappa shape index (κ2) is 6.48. The van der Waals surface area contributed by atoms with E-state index in [-0.39, 0.29) is 23.9 Å². The molecule has 1 aliphatic rings. The lowest BCUT2D eigenvalue weighted by atomic mass is 9.92. The molecule has 2 atom stereocenters. The molecule has 1 aliphatic heterocycles. The highest BCUT2D eigenvalue weighted by Gasteiger charge is 2.32. The fourth-order valence-corrected chi connectivity index (χ4v) is 1.81. The van der Waals surface area contributed by atoms with Crippen molar-refractivity contribution >= 4 is 11.9 Å². The van der Waals surface area contributed by atoms with Crippen molar-refractivity contribution in [2.75, 3.05) is 19.8 Å². The van der Waals surface area contributed by atoms with Crippen LogP contribution in [0.5, 0.6) is 0 Å². The minimum absolute atomic E-state index is 0.185. The van der Waals surface area contributed by atoms with E-state index in [1.807, 2.05) is 0 Å². The lowest BCUT2D eigenvalue weighted by molar-refractivity contribution is -0.152. The molecule has 0 amide bonds. The van der Waals surface area contributed by atoms with Gasteiger partial charge in [-0.3, -0.25) is 9.59 Å². The Bertz CT molecular complexity index is 230. The molecule has 0 aliphatic carbocycles. The second-order valence-electron chi connectivity index (χ2n) is 3.73. The number of hydrogen-bond acceptors (Lipinski definition) is 5. The Morgan fingerprint density at radius 3 is 2.44 bits per heavy atom. The summed E-state index contributed by atoms with van der Waals surface area (Å²) in [4.78, 5) is 23.0. The summed E-state index contributed by atoms with van der Waals surface area (Å²) in [7, 11) is 0. The molecular weight excluding hydrogens is 210 g/mol. The second-order valence-corrected chi connectivity index (χ2v) is 3.73. The topological polar surface area (TPSA) is 64.6 Å². The molecule has 0 radical (unpaired) electrons. The monoisotopic (exact) mass is 229 g/mol. The van der Waals surface area contributed by atoms with Crippen LogP contribution >= 0.6 is 0 Å². The minimum Gasteiger partial charge on any atom is -0.466 e. The van der Waals surface area contributed by atoms with E-state index < -0.39 is 0 Å². The molecule has 1 fully saturated rings. The van der Waals surface area contributed by atoms with Crippen LogP contribution in [-0.2, 0) is 19.1 Å². The highest BCUT2D eigenvalue weighted by atomic mass is 16.5. The summed E-state index contributed by atoms with van der Waals surface area (Å²) >= 11 is 0. The number of piperidine rings is 1. The highest BCUT2D eigenvalue weighted by molar-refractivity contribution is 5.78. The molecule has 0 bridgehead atoms. The fraction of sp³-hybridized carbons (Fsp3) is 0.818. The molecule has 5 nitrogen and oxygen atoms in total. The van der Waals surface area contributed by atoms with Crippen LogP contribution in [-0.4, -0.2) is 37.7 Å². The molecule has 0 spiro atoms. The Kier molecular flexibility index (Phi) is 5.25. The average Bonchev–Trinajstić information content (AvgIpc) is 2.30. The van der Waals surface area contributed by atoms with Gasteiger partial charge >= 0.3 is 11.9 Å². The van der Waals surface area contributed by atoms with Gasteiger partial charge in [-0.25, -0.2) is 0 Å². The molecule has 1 heterocycles. The summed E-state index contributed by atoms with van der Waals surface area (Å²) in [6.45, 7) is 4.94. The predicted molar refractivity (Wildman–Crippen MR) is 57.8 cm³/mol.